The van der Waals surface area contributed by atoms with Gasteiger partial charge in [-0.05, 0) is 0 Å². The molecule has 0 radical (unpaired) electrons. The van der Waals surface area contributed by atoms with Crippen molar-refractivity contribution in [3.8, 4) is 11.5 Å². The molecule has 0 spiro atoms. The molecule has 0 bridgehead atoms. The molecule has 2 nitrogen and oxygen atoms in total. The van der Waals surface area contributed by atoms with Gasteiger partial charge in [0.2, 0.25) is 0 Å². The third-order valence-corrected chi connectivity index (χ3v) is 2.01. The van der Waals surface area contributed by atoms with Crippen LogP contribution in [0.1, 0.15) is 4.88 Å². The molecule has 0 unspecified atom stereocenters. The van der Waals surface area contributed by atoms with Gasteiger partial charge < -0.3 is 10.2 Å². The van der Waals surface area contributed by atoms with Crippen LogP contribution in [0.2, 0.25) is 0 Å². The highest BCUT2D eigenvalue weighted by Crippen LogP contribution is 2.44. The molecule has 0 amide bonds. The number of aromatic hydroxyl groups is 2. The van der Waals surface area contributed by atoms with Crippen LogP contribution in [-0.4, -0.2) is 10.2 Å². The van der Waals surface area contributed by atoms with E-state index in [-0.39, 0.29) is 11.3 Å². The van der Waals surface area contributed by atoms with Gasteiger partial charge in [-0.25, -0.2) is 0 Å². The molecule has 0 aromatic carbocycles. The number of hydrogen-bond donors (Lipinski definition) is 2. The number of rotatable bonds is 0. The van der Waals surface area contributed by atoms with Crippen molar-refractivity contribution in [2.75, 3.05) is 0 Å². The van der Waals surface area contributed by atoms with E-state index in [0.29, 0.717) is 0 Å². The first kappa shape index (κ1) is 8.19. The van der Waals surface area contributed by atoms with Crippen molar-refractivity contribution in [1.29, 1.82) is 0 Å². The van der Waals surface area contributed by atoms with Gasteiger partial charge in [-0.1, -0.05) is 0 Å². The predicted molar refractivity (Wildman–Crippen MR) is 32.7 cm³/mol. The van der Waals surface area contributed by atoms with Crippen molar-refractivity contribution in [2.45, 2.75) is 6.18 Å². The zero-order chi connectivity index (χ0) is 8.65. The summed E-state index contributed by atoms with van der Waals surface area (Å²) in [6.45, 7) is 0. The smallest absolute Gasteiger partial charge is 0.429 e. The second-order valence-electron chi connectivity index (χ2n) is 1.80. The van der Waals surface area contributed by atoms with E-state index in [1.807, 2.05) is 0 Å². The molecule has 6 heteroatoms. The molecule has 1 aromatic rings. The van der Waals surface area contributed by atoms with Crippen molar-refractivity contribution >= 4 is 11.3 Å². The summed E-state index contributed by atoms with van der Waals surface area (Å²) in [6.07, 6.45) is -4.59. The van der Waals surface area contributed by atoms with Crippen LogP contribution in [0.15, 0.2) is 5.38 Å². The van der Waals surface area contributed by atoms with Gasteiger partial charge in [0.25, 0.3) is 0 Å². The summed E-state index contributed by atoms with van der Waals surface area (Å²) in [7, 11) is 0. The lowest BCUT2D eigenvalue weighted by molar-refractivity contribution is -0.135. The Morgan fingerprint density at radius 3 is 2.00 bits per heavy atom. The monoisotopic (exact) mass is 184 g/mol. The summed E-state index contributed by atoms with van der Waals surface area (Å²) in [5, 5.41) is 18.0. The largest absolute Gasteiger partial charge is 0.504 e. The van der Waals surface area contributed by atoms with E-state index in [1.54, 1.807) is 0 Å². The number of halogens is 3. The lowest BCUT2D eigenvalue weighted by Crippen LogP contribution is -2.01. The van der Waals surface area contributed by atoms with Gasteiger partial charge >= 0.3 is 6.18 Å². The van der Waals surface area contributed by atoms with Gasteiger partial charge in [-0.3, -0.25) is 0 Å². The second-order valence-corrected chi connectivity index (χ2v) is 2.68. The quantitative estimate of drug-likeness (QED) is 0.648. The SMILES string of the molecule is Oc1csc(C(F)(F)F)c1O. The summed E-state index contributed by atoms with van der Waals surface area (Å²) in [5.74, 6) is -1.83. The van der Waals surface area contributed by atoms with Crippen molar-refractivity contribution in [1.82, 2.24) is 0 Å². The van der Waals surface area contributed by atoms with E-state index in [4.69, 9.17) is 10.2 Å². The highest BCUT2D eigenvalue weighted by atomic mass is 32.1. The zero-order valence-corrected chi connectivity index (χ0v) is 5.83. The molecule has 2 N–H and O–H groups in total. The van der Waals surface area contributed by atoms with E-state index in [2.05, 4.69) is 0 Å². The summed E-state index contributed by atoms with van der Waals surface area (Å²) < 4.78 is 35.4. The van der Waals surface area contributed by atoms with Crippen molar-refractivity contribution < 1.29 is 23.4 Å². The molecule has 0 aliphatic rings. The van der Waals surface area contributed by atoms with Crippen molar-refractivity contribution in [2.24, 2.45) is 0 Å². The number of alkyl halides is 3. The molecule has 1 rings (SSSR count). The van der Waals surface area contributed by atoms with Crippen LogP contribution in [0.25, 0.3) is 0 Å². The van der Waals surface area contributed by atoms with Crippen molar-refractivity contribution in [3.63, 3.8) is 0 Å². The van der Waals surface area contributed by atoms with Crippen LogP contribution in [0.3, 0.4) is 0 Å². The van der Waals surface area contributed by atoms with Crippen molar-refractivity contribution in [3.05, 3.63) is 10.3 Å². The Morgan fingerprint density at radius 1 is 1.27 bits per heavy atom. The molecule has 0 saturated carbocycles. The van der Waals surface area contributed by atoms with Crippen LogP contribution in [0.5, 0.6) is 11.5 Å². The van der Waals surface area contributed by atoms with Crippen LogP contribution in [0, 0.1) is 0 Å². The molecule has 1 heterocycles. The average Bonchev–Trinajstić information content (AvgIpc) is 2.11. The van der Waals surface area contributed by atoms with Crippen LogP contribution in [0.4, 0.5) is 13.2 Å². The maximum absolute atomic E-state index is 11.8. The number of thiophene rings is 1. The van der Waals surface area contributed by atoms with Gasteiger partial charge in [0.1, 0.15) is 0 Å². The first-order valence-electron chi connectivity index (χ1n) is 2.49. The average molecular weight is 184 g/mol. The summed E-state index contributed by atoms with van der Waals surface area (Å²) in [5.41, 5.74) is 0. The Bertz CT molecular complexity index is 265. The number of hydrogen-bond acceptors (Lipinski definition) is 3. The van der Waals surface area contributed by atoms with Gasteiger partial charge in [0.15, 0.2) is 16.4 Å². The minimum absolute atomic E-state index is 0.258. The maximum Gasteiger partial charge on any atom is 0.429 e. The van der Waals surface area contributed by atoms with Gasteiger partial charge in [0.05, 0.1) is 0 Å². The molecular formula is C5H3F3O2S. The van der Waals surface area contributed by atoms with E-state index in [0.717, 1.165) is 5.38 Å². The molecule has 0 atom stereocenters. The first-order valence-corrected chi connectivity index (χ1v) is 3.37. The Labute approximate surface area is 63.5 Å². The molecule has 11 heavy (non-hydrogen) atoms. The zero-order valence-electron chi connectivity index (χ0n) is 5.01. The fourth-order valence-electron chi connectivity index (χ4n) is 0.544. The topological polar surface area (TPSA) is 40.5 Å². The fourth-order valence-corrected chi connectivity index (χ4v) is 1.23. The summed E-state index contributed by atoms with van der Waals surface area (Å²) >= 11 is 0.258. The standard InChI is InChI=1S/C5H3F3O2S/c6-5(7,8)4-3(10)2(9)1-11-4/h1,9-10H. The van der Waals surface area contributed by atoms with E-state index < -0.39 is 22.6 Å². The minimum Gasteiger partial charge on any atom is -0.504 e. The highest BCUT2D eigenvalue weighted by Gasteiger charge is 2.36. The molecular weight excluding hydrogens is 181 g/mol. The van der Waals surface area contributed by atoms with Crippen LogP contribution >= 0.6 is 11.3 Å². The Morgan fingerprint density at radius 2 is 1.82 bits per heavy atom. The van der Waals surface area contributed by atoms with E-state index >= 15 is 0 Å². The summed E-state index contributed by atoms with van der Waals surface area (Å²) in [4.78, 5) is -1.17. The lowest BCUT2D eigenvalue weighted by atomic mass is 10.4. The highest BCUT2D eigenvalue weighted by molar-refractivity contribution is 7.10. The Hall–Kier alpha value is -0.910. The van der Waals surface area contributed by atoms with Gasteiger partial charge in [0, 0.05) is 5.38 Å². The third kappa shape index (κ3) is 1.40. The van der Waals surface area contributed by atoms with Gasteiger partial charge in [-0.15, -0.1) is 11.3 Å². The van der Waals surface area contributed by atoms with Crippen LogP contribution < -0.4 is 0 Å². The lowest BCUT2D eigenvalue weighted by Gasteiger charge is -2.02. The normalized spacial score (nSPS) is 11.9. The molecule has 1 aromatic heterocycles. The fraction of sp³-hybridized carbons (Fsp3) is 0.200. The third-order valence-electron chi connectivity index (χ3n) is 1.00. The van der Waals surface area contributed by atoms with Gasteiger partial charge in [-0.2, -0.15) is 13.2 Å². The van der Waals surface area contributed by atoms with E-state index in [1.165, 1.54) is 0 Å². The molecule has 0 aliphatic heterocycles. The first-order chi connectivity index (χ1) is 4.93. The second kappa shape index (κ2) is 2.30. The Balaban J connectivity index is 3.15. The molecule has 0 saturated heterocycles. The Kier molecular flexibility index (Phi) is 1.71. The van der Waals surface area contributed by atoms with E-state index in [9.17, 15) is 13.2 Å². The predicted octanol–water partition coefficient (Wildman–Crippen LogP) is 2.18. The molecule has 0 aliphatic carbocycles. The molecule has 62 valence electrons. The molecule has 0 fully saturated rings. The summed E-state index contributed by atoms with van der Waals surface area (Å²) in [6, 6.07) is 0. The van der Waals surface area contributed by atoms with Crippen LogP contribution in [-0.2, 0) is 6.18 Å². The minimum atomic E-state index is -4.59. The maximum atomic E-state index is 11.8.